The Balaban J connectivity index is 1.15. The molecule has 8 nitrogen and oxygen atoms in total. The van der Waals surface area contributed by atoms with Crippen molar-refractivity contribution in [3.8, 4) is 0 Å². The predicted molar refractivity (Wildman–Crippen MR) is 170 cm³/mol. The van der Waals surface area contributed by atoms with Crippen molar-refractivity contribution in [3.63, 3.8) is 0 Å². The summed E-state index contributed by atoms with van der Waals surface area (Å²) in [5, 5.41) is 4.32. The van der Waals surface area contributed by atoms with Crippen molar-refractivity contribution in [1.29, 1.82) is 0 Å². The normalized spacial score (nSPS) is 30.7. The number of rotatable bonds is 6. The molecule has 11 heteroatoms. The second-order valence-corrected chi connectivity index (χ2v) is 14.4. The zero-order chi connectivity index (χ0) is 32.6. The first-order chi connectivity index (χ1) is 21.8. The zero-order valence-corrected chi connectivity index (χ0v) is 26.7. The summed E-state index contributed by atoms with van der Waals surface area (Å²) in [4.78, 5) is 33.6. The lowest BCUT2D eigenvalue weighted by Gasteiger charge is -2.58. The maximum Gasteiger partial charge on any atom is 0.416 e. The number of likely N-dealkylation sites (N-methyl/N-ethyl adjacent to an activating group) is 1. The van der Waals surface area contributed by atoms with Crippen molar-refractivity contribution in [1.82, 2.24) is 20.1 Å². The highest BCUT2D eigenvalue weighted by atomic mass is 19.4. The molecule has 2 aromatic rings. The number of nitrogens with zero attached hydrogens (tertiary/aromatic N) is 5. The fourth-order valence-electron chi connectivity index (χ4n) is 8.92. The van der Waals surface area contributed by atoms with Gasteiger partial charge in [-0.2, -0.15) is 18.3 Å². The molecule has 5 aliphatic rings. The number of fused-ring (bicyclic) bond motifs is 1. The van der Waals surface area contributed by atoms with Crippen molar-refractivity contribution in [3.05, 3.63) is 76.9 Å². The van der Waals surface area contributed by atoms with E-state index >= 15 is 0 Å². The monoisotopic (exact) mass is 634 g/mol. The summed E-state index contributed by atoms with van der Waals surface area (Å²) in [5.74, 6) is 0.0171. The van der Waals surface area contributed by atoms with E-state index < -0.39 is 23.3 Å². The van der Waals surface area contributed by atoms with E-state index in [9.17, 15) is 22.8 Å². The number of hydrazone groups is 1. The first kappa shape index (κ1) is 30.8. The van der Waals surface area contributed by atoms with E-state index in [0.717, 1.165) is 37.8 Å². The third-order valence-corrected chi connectivity index (χ3v) is 11.5. The second-order valence-electron chi connectivity index (χ2n) is 14.4. The number of hydrogen-bond donors (Lipinski definition) is 1. The molecule has 3 fully saturated rings. The molecule has 1 saturated carbocycles. The van der Waals surface area contributed by atoms with Crippen molar-refractivity contribution in [2.75, 3.05) is 38.1 Å². The highest BCUT2D eigenvalue weighted by Gasteiger charge is 2.59. The van der Waals surface area contributed by atoms with Gasteiger partial charge in [-0.15, -0.1) is 0 Å². The Morgan fingerprint density at radius 2 is 1.91 bits per heavy atom. The van der Waals surface area contributed by atoms with Gasteiger partial charge in [-0.3, -0.25) is 19.9 Å². The van der Waals surface area contributed by atoms with Crippen LogP contribution in [0.25, 0.3) is 0 Å². The molecule has 244 valence electrons. The minimum atomic E-state index is -4.60. The van der Waals surface area contributed by atoms with E-state index in [1.54, 1.807) is 17.3 Å². The number of amides is 2. The lowest BCUT2D eigenvalue weighted by Crippen LogP contribution is -2.67. The van der Waals surface area contributed by atoms with Crippen LogP contribution in [0.4, 0.5) is 18.9 Å². The number of likely N-dealkylation sites (tertiary alicyclic amines) is 2. The molecule has 1 aliphatic carbocycles. The highest BCUT2D eigenvalue weighted by Crippen LogP contribution is 2.56. The van der Waals surface area contributed by atoms with Gasteiger partial charge in [-0.05, 0) is 92.1 Å². The van der Waals surface area contributed by atoms with Crippen molar-refractivity contribution in [2.24, 2.45) is 16.4 Å². The van der Waals surface area contributed by atoms with Crippen molar-refractivity contribution >= 4 is 23.8 Å². The van der Waals surface area contributed by atoms with Gasteiger partial charge in [-0.1, -0.05) is 25.6 Å². The van der Waals surface area contributed by atoms with Crippen LogP contribution in [0.2, 0.25) is 0 Å². The number of carbonyl (C=O) groups excluding carboxylic acids is 2. The van der Waals surface area contributed by atoms with E-state index in [2.05, 4.69) is 46.8 Å². The average Bonchev–Trinajstić information content (AvgIpc) is 3.78. The zero-order valence-electron chi connectivity index (χ0n) is 26.7. The molecule has 2 amide bonds. The molecule has 4 aliphatic heterocycles. The van der Waals surface area contributed by atoms with Crippen LogP contribution in [-0.2, 0) is 29.5 Å². The Hall–Kier alpha value is -3.86. The Morgan fingerprint density at radius 3 is 2.59 bits per heavy atom. The summed E-state index contributed by atoms with van der Waals surface area (Å²) in [5.41, 5.74) is 4.03. The number of nitrogens with one attached hydrogen (secondary N) is 1. The molecular weight excluding hydrogens is 593 g/mol. The van der Waals surface area contributed by atoms with E-state index in [0.29, 0.717) is 43.3 Å². The number of hydrogen-bond acceptors (Lipinski definition) is 6. The van der Waals surface area contributed by atoms with Crippen molar-refractivity contribution in [2.45, 2.75) is 69.9 Å². The van der Waals surface area contributed by atoms with Gasteiger partial charge in [0.05, 0.1) is 12.1 Å². The summed E-state index contributed by atoms with van der Waals surface area (Å²) in [6.07, 6.45) is 2.10. The van der Waals surface area contributed by atoms with Gasteiger partial charge in [0.15, 0.2) is 0 Å². The van der Waals surface area contributed by atoms with Crippen LogP contribution in [0.15, 0.2) is 54.2 Å². The van der Waals surface area contributed by atoms with Gasteiger partial charge >= 0.3 is 6.18 Å². The van der Waals surface area contributed by atoms with E-state index in [4.69, 9.17) is 0 Å². The summed E-state index contributed by atoms with van der Waals surface area (Å²) in [6.45, 7) is 10.9. The summed E-state index contributed by atoms with van der Waals surface area (Å²) in [6, 6.07) is 10.6. The number of halogens is 3. The first-order valence-electron chi connectivity index (χ1n) is 16.1. The molecule has 2 aromatic carbocycles. The lowest BCUT2D eigenvalue weighted by atomic mass is 9.53. The van der Waals surface area contributed by atoms with Crippen LogP contribution < -0.4 is 10.3 Å². The molecule has 1 unspecified atom stereocenters. The Kier molecular flexibility index (Phi) is 7.08. The summed E-state index contributed by atoms with van der Waals surface area (Å²) < 4.78 is 43.6. The van der Waals surface area contributed by atoms with Gasteiger partial charge in [0.1, 0.15) is 12.0 Å². The standard InChI is InChI=1S/C35H41F3N6O2/c1-5-30(45)43-12-10-33(21-43)9-11-42(20-33)18-24-13-27-28(29(14-24)35(36,37)38)19-44(31(27)46)26-8-6-7-25(15-26)34(16-23(2)17-34)32(3)40-39-22-41(32)4/h5-8,13-15,22-23,40H,1,9-12,16-21H2,2-4H3/t23?,32?,33-,34?/m0/s1. The smallest absolute Gasteiger partial charge is 0.340 e. The number of benzene rings is 2. The Labute approximate surface area is 267 Å². The van der Waals surface area contributed by atoms with Crippen molar-refractivity contribution < 1.29 is 22.8 Å². The third-order valence-electron chi connectivity index (χ3n) is 11.5. The fourth-order valence-corrected chi connectivity index (χ4v) is 8.92. The molecule has 1 N–H and O–H groups in total. The summed E-state index contributed by atoms with van der Waals surface area (Å²) >= 11 is 0. The summed E-state index contributed by atoms with van der Waals surface area (Å²) in [7, 11) is 1.99. The number of anilines is 1. The average molecular weight is 635 g/mol. The van der Waals surface area contributed by atoms with Gasteiger partial charge in [0.2, 0.25) is 5.91 Å². The molecule has 46 heavy (non-hydrogen) atoms. The van der Waals surface area contributed by atoms with E-state index in [1.807, 2.05) is 25.2 Å². The van der Waals surface area contributed by atoms with Crippen LogP contribution in [0.3, 0.4) is 0 Å². The maximum atomic E-state index is 14.5. The van der Waals surface area contributed by atoms with E-state index in [1.165, 1.54) is 17.0 Å². The first-order valence-corrected chi connectivity index (χ1v) is 16.1. The minimum Gasteiger partial charge on any atom is -0.340 e. The Bertz CT molecular complexity index is 1630. The molecule has 1 spiro atoms. The van der Waals surface area contributed by atoms with Gasteiger partial charge < -0.3 is 14.7 Å². The second kappa shape index (κ2) is 10.6. The van der Waals surface area contributed by atoms with Gasteiger partial charge in [0, 0.05) is 55.3 Å². The molecule has 2 saturated heterocycles. The largest absolute Gasteiger partial charge is 0.416 e. The molecule has 0 bridgehead atoms. The molecular formula is C35H41F3N6O2. The third kappa shape index (κ3) is 4.72. The lowest BCUT2D eigenvalue weighted by molar-refractivity contribution is -0.138. The SMILES string of the molecule is C=CC(=O)N1CC[C@]2(CCN(Cc3cc4c(c(C(F)(F)F)c3)CN(c3cccc(C5(C6(C)NN=CN6C)CC(C)C5)c3)C4=O)C2)C1. The number of alkyl halides is 3. The highest BCUT2D eigenvalue weighted by molar-refractivity contribution is 6.10. The maximum absolute atomic E-state index is 14.5. The van der Waals surface area contributed by atoms with Crippen LogP contribution in [0, 0.1) is 11.3 Å². The fraction of sp³-hybridized carbons (Fsp3) is 0.514. The predicted octanol–water partition coefficient (Wildman–Crippen LogP) is 5.34. The van der Waals surface area contributed by atoms with Gasteiger partial charge in [-0.25, -0.2) is 0 Å². The van der Waals surface area contributed by atoms with Crippen LogP contribution in [0.1, 0.15) is 72.1 Å². The van der Waals surface area contributed by atoms with Crippen LogP contribution in [-0.4, -0.2) is 71.7 Å². The quantitative estimate of drug-likeness (QED) is 0.435. The Morgan fingerprint density at radius 1 is 1.15 bits per heavy atom. The molecule has 7 rings (SSSR count). The van der Waals surface area contributed by atoms with Crippen LogP contribution >= 0.6 is 0 Å². The minimum absolute atomic E-state index is 0.0310. The molecule has 0 radical (unpaired) electrons. The number of carbonyl (C=O) groups is 2. The molecule has 0 aromatic heterocycles. The topological polar surface area (TPSA) is 71.5 Å². The van der Waals surface area contributed by atoms with Crippen LogP contribution in [0.5, 0.6) is 0 Å². The van der Waals surface area contributed by atoms with Gasteiger partial charge in [0.25, 0.3) is 5.91 Å². The molecule has 2 atom stereocenters. The van der Waals surface area contributed by atoms with E-state index in [-0.39, 0.29) is 34.4 Å². The molecule has 4 heterocycles.